The van der Waals surface area contributed by atoms with Gasteiger partial charge in [0.1, 0.15) is 6.26 Å². The Bertz CT molecular complexity index is 311. The van der Waals surface area contributed by atoms with Crippen LogP contribution in [0.4, 0.5) is 0 Å². The molecule has 0 aromatic carbocycles. The highest BCUT2D eigenvalue weighted by Crippen LogP contribution is 2.19. The van der Waals surface area contributed by atoms with E-state index in [0.717, 1.165) is 30.5 Å². The van der Waals surface area contributed by atoms with Crippen LogP contribution in [0.3, 0.4) is 0 Å². The van der Waals surface area contributed by atoms with Crippen LogP contribution in [0.15, 0.2) is 10.7 Å². The van der Waals surface area contributed by atoms with E-state index < -0.39 is 0 Å². The van der Waals surface area contributed by atoms with Crippen LogP contribution in [0.5, 0.6) is 0 Å². The minimum Gasteiger partial charge on any atom is -0.449 e. The monoisotopic (exact) mass is 209 g/mol. The standard InChI is InChI=1S/C11H19N3O/c1-12-6-10-8-15-11(13-10)5-9-3-4-14(2)7-9/h8-9,12H,3-7H2,1-2H3. The zero-order valence-corrected chi connectivity index (χ0v) is 9.49. The average Bonchev–Trinajstić information content (AvgIpc) is 2.78. The van der Waals surface area contributed by atoms with Gasteiger partial charge >= 0.3 is 0 Å². The van der Waals surface area contributed by atoms with Gasteiger partial charge in [-0.2, -0.15) is 0 Å². The molecule has 1 aromatic rings. The van der Waals surface area contributed by atoms with Gasteiger partial charge in [-0.25, -0.2) is 4.98 Å². The van der Waals surface area contributed by atoms with Crippen LogP contribution in [-0.4, -0.2) is 37.1 Å². The first-order valence-electron chi connectivity index (χ1n) is 5.54. The molecule has 0 bridgehead atoms. The normalized spacial score (nSPS) is 22.4. The smallest absolute Gasteiger partial charge is 0.194 e. The van der Waals surface area contributed by atoms with E-state index in [1.807, 2.05) is 7.05 Å². The lowest BCUT2D eigenvalue weighted by atomic mass is 10.1. The van der Waals surface area contributed by atoms with E-state index in [-0.39, 0.29) is 0 Å². The predicted octanol–water partition coefficient (Wildman–Crippen LogP) is 0.888. The molecule has 4 heteroatoms. The highest BCUT2D eigenvalue weighted by Gasteiger charge is 2.21. The van der Waals surface area contributed by atoms with E-state index in [0.29, 0.717) is 0 Å². The Balaban J connectivity index is 1.87. The summed E-state index contributed by atoms with van der Waals surface area (Å²) in [5.41, 5.74) is 0.999. The van der Waals surface area contributed by atoms with Crippen molar-refractivity contribution in [1.82, 2.24) is 15.2 Å². The molecule has 0 amide bonds. The van der Waals surface area contributed by atoms with Gasteiger partial charge in [0.15, 0.2) is 5.89 Å². The van der Waals surface area contributed by atoms with Crippen molar-refractivity contribution in [3.8, 4) is 0 Å². The maximum Gasteiger partial charge on any atom is 0.194 e. The van der Waals surface area contributed by atoms with Gasteiger partial charge < -0.3 is 14.6 Å². The molecular weight excluding hydrogens is 190 g/mol. The van der Waals surface area contributed by atoms with Gasteiger partial charge in [0.05, 0.1) is 5.69 Å². The van der Waals surface area contributed by atoms with Gasteiger partial charge in [-0.1, -0.05) is 0 Å². The maximum atomic E-state index is 5.44. The number of aromatic nitrogens is 1. The Morgan fingerprint density at radius 3 is 3.20 bits per heavy atom. The first kappa shape index (κ1) is 10.6. The van der Waals surface area contributed by atoms with Crippen molar-refractivity contribution < 1.29 is 4.42 Å². The second-order valence-corrected chi connectivity index (χ2v) is 4.38. The number of oxazole rings is 1. The number of nitrogens with one attached hydrogen (secondary N) is 1. The predicted molar refractivity (Wildman–Crippen MR) is 58.6 cm³/mol. The van der Waals surface area contributed by atoms with Crippen LogP contribution >= 0.6 is 0 Å². The van der Waals surface area contributed by atoms with Crippen LogP contribution < -0.4 is 5.32 Å². The summed E-state index contributed by atoms with van der Waals surface area (Å²) in [6, 6.07) is 0. The topological polar surface area (TPSA) is 41.3 Å². The van der Waals surface area contributed by atoms with Gasteiger partial charge in [-0.15, -0.1) is 0 Å². The fourth-order valence-electron chi connectivity index (χ4n) is 2.14. The molecule has 1 saturated heterocycles. The molecule has 1 unspecified atom stereocenters. The van der Waals surface area contributed by atoms with Crippen molar-refractivity contribution >= 4 is 0 Å². The summed E-state index contributed by atoms with van der Waals surface area (Å²) in [6.45, 7) is 3.16. The third kappa shape index (κ3) is 2.79. The van der Waals surface area contributed by atoms with E-state index in [4.69, 9.17) is 4.42 Å². The average molecular weight is 209 g/mol. The highest BCUT2D eigenvalue weighted by atomic mass is 16.3. The maximum absolute atomic E-state index is 5.44. The third-order valence-electron chi connectivity index (χ3n) is 2.91. The van der Waals surface area contributed by atoms with Gasteiger partial charge in [-0.3, -0.25) is 0 Å². The SMILES string of the molecule is CNCc1coc(CC2CCN(C)C2)n1. The molecule has 1 atom stereocenters. The Kier molecular flexibility index (Phi) is 3.38. The zero-order chi connectivity index (χ0) is 10.7. The quantitative estimate of drug-likeness (QED) is 0.799. The van der Waals surface area contributed by atoms with Crippen LogP contribution in [-0.2, 0) is 13.0 Å². The van der Waals surface area contributed by atoms with Gasteiger partial charge in [0.2, 0.25) is 0 Å². The Hall–Kier alpha value is -0.870. The molecule has 1 aliphatic rings. The number of hydrogen-bond acceptors (Lipinski definition) is 4. The molecule has 1 N–H and O–H groups in total. The van der Waals surface area contributed by atoms with E-state index in [9.17, 15) is 0 Å². The summed E-state index contributed by atoms with van der Waals surface area (Å²) in [5, 5.41) is 3.07. The fourth-order valence-corrected chi connectivity index (χ4v) is 2.14. The lowest BCUT2D eigenvalue weighted by Gasteiger charge is -2.07. The van der Waals surface area contributed by atoms with Gasteiger partial charge in [-0.05, 0) is 33.0 Å². The summed E-state index contributed by atoms with van der Waals surface area (Å²) < 4.78 is 5.44. The zero-order valence-electron chi connectivity index (χ0n) is 9.49. The van der Waals surface area contributed by atoms with Crippen molar-refractivity contribution in [2.24, 2.45) is 5.92 Å². The molecule has 0 radical (unpaired) electrons. The number of rotatable bonds is 4. The highest BCUT2D eigenvalue weighted by molar-refractivity contribution is 4.97. The van der Waals surface area contributed by atoms with Crippen LogP contribution in [0.25, 0.3) is 0 Å². The van der Waals surface area contributed by atoms with Crippen molar-refractivity contribution in [2.75, 3.05) is 27.2 Å². The second kappa shape index (κ2) is 4.77. The molecule has 1 aliphatic heterocycles. The van der Waals surface area contributed by atoms with Crippen LogP contribution in [0.2, 0.25) is 0 Å². The minimum absolute atomic E-state index is 0.719. The second-order valence-electron chi connectivity index (χ2n) is 4.38. The lowest BCUT2D eigenvalue weighted by Crippen LogP contribution is -2.15. The van der Waals surface area contributed by atoms with Gasteiger partial charge in [0, 0.05) is 19.5 Å². The molecule has 0 saturated carbocycles. The molecule has 0 spiro atoms. The molecular formula is C11H19N3O. The number of likely N-dealkylation sites (tertiary alicyclic amines) is 1. The van der Waals surface area contributed by atoms with E-state index in [1.165, 1.54) is 19.5 Å². The van der Waals surface area contributed by atoms with Crippen molar-refractivity contribution in [2.45, 2.75) is 19.4 Å². The first-order valence-corrected chi connectivity index (χ1v) is 5.54. The van der Waals surface area contributed by atoms with Crippen LogP contribution in [0.1, 0.15) is 18.0 Å². The minimum atomic E-state index is 0.719. The number of nitrogens with zero attached hydrogens (tertiary/aromatic N) is 2. The van der Waals surface area contributed by atoms with E-state index in [1.54, 1.807) is 6.26 Å². The van der Waals surface area contributed by atoms with Crippen molar-refractivity contribution in [3.63, 3.8) is 0 Å². The Morgan fingerprint density at radius 2 is 2.53 bits per heavy atom. The lowest BCUT2D eigenvalue weighted by molar-refractivity contribution is 0.379. The largest absolute Gasteiger partial charge is 0.449 e. The van der Waals surface area contributed by atoms with E-state index >= 15 is 0 Å². The van der Waals surface area contributed by atoms with E-state index in [2.05, 4.69) is 22.2 Å². The summed E-state index contributed by atoms with van der Waals surface area (Å²) in [7, 11) is 4.09. The first-order chi connectivity index (χ1) is 7.28. The molecule has 4 nitrogen and oxygen atoms in total. The molecule has 84 valence electrons. The molecule has 2 heterocycles. The van der Waals surface area contributed by atoms with Gasteiger partial charge in [0.25, 0.3) is 0 Å². The fraction of sp³-hybridized carbons (Fsp3) is 0.727. The Morgan fingerprint density at radius 1 is 1.67 bits per heavy atom. The summed E-state index contributed by atoms with van der Waals surface area (Å²) >= 11 is 0. The summed E-state index contributed by atoms with van der Waals surface area (Å²) in [4.78, 5) is 6.80. The molecule has 1 fully saturated rings. The summed E-state index contributed by atoms with van der Waals surface area (Å²) in [5.74, 6) is 1.61. The number of hydrogen-bond donors (Lipinski definition) is 1. The third-order valence-corrected chi connectivity index (χ3v) is 2.91. The molecule has 2 rings (SSSR count). The van der Waals surface area contributed by atoms with Crippen molar-refractivity contribution in [1.29, 1.82) is 0 Å². The molecule has 0 aliphatic carbocycles. The summed E-state index contributed by atoms with van der Waals surface area (Å²) in [6.07, 6.45) is 4.00. The molecule has 15 heavy (non-hydrogen) atoms. The van der Waals surface area contributed by atoms with Crippen LogP contribution in [0, 0.1) is 5.92 Å². The van der Waals surface area contributed by atoms with Crippen molar-refractivity contribution in [3.05, 3.63) is 17.8 Å². The molecule has 1 aromatic heterocycles. The Labute approximate surface area is 90.7 Å².